The Morgan fingerprint density at radius 3 is 2.79 bits per heavy atom. The van der Waals surface area contributed by atoms with Crippen molar-refractivity contribution in [2.45, 2.75) is 45.9 Å². The number of nitrogens with zero attached hydrogens (tertiary/aromatic N) is 4. The van der Waals surface area contributed by atoms with Gasteiger partial charge in [0.15, 0.2) is 0 Å². The minimum Gasteiger partial charge on any atom is -0.379 e. The van der Waals surface area contributed by atoms with Crippen molar-refractivity contribution >= 4 is 31.8 Å². The van der Waals surface area contributed by atoms with Gasteiger partial charge in [-0.2, -0.15) is 0 Å². The standard InChI is InChI=1S/C21H26N4O3S/c1-13-22-17-15-10-14-12-28-21(2,3)11-16(14)23-19(15)29-18(17)20(26)25(13)5-4-24-6-8-27-9-7-24/h10H,4-9,11-12H2,1-3H3. The van der Waals surface area contributed by atoms with Gasteiger partial charge in [-0.1, -0.05) is 0 Å². The van der Waals surface area contributed by atoms with E-state index >= 15 is 0 Å². The average Bonchev–Trinajstić information content (AvgIpc) is 3.04. The maximum Gasteiger partial charge on any atom is 0.271 e. The number of ether oxygens (including phenoxy) is 2. The molecule has 0 radical (unpaired) electrons. The topological polar surface area (TPSA) is 69.5 Å². The minimum atomic E-state index is -0.203. The molecule has 0 atom stereocenters. The first-order valence-electron chi connectivity index (χ1n) is 10.2. The van der Waals surface area contributed by atoms with E-state index in [1.165, 1.54) is 11.3 Å². The van der Waals surface area contributed by atoms with E-state index in [4.69, 9.17) is 19.4 Å². The van der Waals surface area contributed by atoms with Crippen LogP contribution in [0.5, 0.6) is 0 Å². The number of thiophene rings is 1. The zero-order chi connectivity index (χ0) is 20.2. The molecule has 0 unspecified atom stereocenters. The highest BCUT2D eigenvalue weighted by atomic mass is 32.1. The molecule has 154 valence electrons. The molecule has 1 saturated heterocycles. The number of aromatic nitrogens is 3. The molecule has 29 heavy (non-hydrogen) atoms. The van der Waals surface area contributed by atoms with Crippen LogP contribution in [0.2, 0.25) is 0 Å². The van der Waals surface area contributed by atoms with E-state index in [9.17, 15) is 4.79 Å². The van der Waals surface area contributed by atoms with Crippen molar-refractivity contribution in [1.82, 2.24) is 19.4 Å². The molecule has 8 heteroatoms. The molecule has 5 rings (SSSR count). The lowest BCUT2D eigenvalue weighted by molar-refractivity contribution is -0.0411. The highest BCUT2D eigenvalue weighted by Crippen LogP contribution is 2.34. The number of hydrogen-bond acceptors (Lipinski definition) is 7. The van der Waals surface area contributed by atoms with Crippen molar-refractivity contribution in [3.63, 3.8) is 0 Å². The molecule has 5 heterocycles. The van der Waals surface area contributed by atoms with Crippen LogP contribution in [0.3, 0.4) is 0 Å². The van der Waals surface area contributed by atoms with Gasteiger partial charge in [0.2, 0.25) is 0 Å². The quantitative estimate of drug-likeness (QED) is 0.656. The van der Waals surface area contributed by atoms with E-state index in [2.05, 4.69) is 24.8 Å². The Labute approximate surface area is 173 Å². The Kier molecular flexibility index (Phi) is 4.70. The number of rotatable bonds is 3. The van der Waals surface area contributed by atoms with E-state index < -0.39 is 0 Å². The summed E-state index contributed by atoms with van der Waals surface area (Å²) in [4.78, 5) is 26.2. The summed E-state index contributed by atoms with van der Waals surface area (Å²) in [6.45, 7) is 11.5. The predicted molar refractivity (Wildman–Crippen MR) is 114 cm³/mol. The lowest BCUT2D eigenvalue weighted by atomic mass is 9.95. The number of aryl methyl sites for hydroxylation is 1. The molecule has 2 aliphatic rings. The van der Waals surface area contributed by atoms with Crippen LogP contribution in [0.15, 0.2) is 10.9 Å². The van der Waals surface area contributed by atoms with E-state index in [1.54, 1.807) is 4.57 Å². The average molecular weight is 415 g/mol. The second kappa shape index (κ2) is 7.12. The molecule has 3 aromatic heterocycles. The Hall–Kier alpha value is -1.87. The van der Waals surface area contributed by atoms with Gasteiger partial charge in [-0.15, -0.1) is 11.3 Å². The summed E-state index contributed by atoms with van der Waals surface area (Å²) < 4.78 is 13.9. The van der Waals surface area contributed by atoms with Crippen LogP contribution in [0.4, 0.5) is 0 Å². The molecule has 0 spiro atoms. The number of pyridine rings is 1. The summed E-state index contributed by atoms with van der Waals surface area (Å²) >= 11 is 1.46. The predicted octanol–water partition coefficient (Wildman–Crippen LogP) is 2.50. The van der Waals surface area contributed by atoms with Gasteiger partial charge in [-0.25, -0.2) is 9.97 Å². The maximum absolute atomic E-state index is 13.3. The van der Waals surface area contributed by atoms with Gasteiger partial charge < -0.3 is 9.47 Å². The van der Waals surface area contributed by atoms with Crippen molar-refractivity contribution in [1.29, 1.82) is 0 Å². The van der Waals surface area contributed by atoms with E-state index in [-0.39, 0.29) is 11.2 Å². The SMILES string of the molecule is Cc1nc2c(sc3nc4c(cc32)COC(C)(C)C4)c(=O)n1CCN1CCOCC1. The van der Waals surface area contributed by atoms with E-state index in [0.29, 0.717) is 17.9 Å². The Morgan fingerprint density at radius 2 is 2.00 bits per heavy atom. The molecule has 7 nitrogen and oxygen atoms in total. The highest BCUT2D eigenvalue weighted by Gasteiger charge is 2.28. The highest BCUT2D eigenvalue weighted by molar-refractivity contribution is 7.25. The fraction of sp³-hybridized carbons (Fsp3) is 0.571. The monoisotopic (exact) mass is 414 g/mol. The third-order valence-corrected chi connectivity index (χ3v) is 6.96. The zero-order valence-electron chi connectivity index (χ0n) is 17.2. The van der Waals surface area contributed by atoms with Gasteiger partial charge in [-0.05, 0) is 26.8 Å². The van der Waals surface area contributed by atoms with Crippen molar-refractivity contribution < 1.29 is 9.47 Å². The Bertz CT molecular complexity index is 1140. The smallest absolute Gasteiger partial charge is 0.271 e. The van der Waals surface area contributed by atoms with Crippen molar-refractivity contribution in [2.75, 3.05) is 32.8 Å². The van der Waals surface area contributed by atoms with Crippen LogP contribution in [0.25, 0.3) is 20.4 Å². The van der Waals surface area contributed by atoms with Gasteiger partial charge >= 0.3 is 0 Å². The van der Waals surface area contributed by atoms with E-state index in [1.807, 2.05) is 6.92 Å². The largest absolute Gasteiger partial charge is 0.379 e. The lowest BCUT2D eigenvalue weighted by Gasteiger charge is -2.30. The van der Waals surface area contributed by atoms with E-state index in [0.717, 1.165) is 72.1 Å². The number of hydrogen-bond donors (Lipinski definition) is 0. The lowest BCUT2D eigenvalue weighted by Crippen LogP contribution is -2.39. The number of fused-ring (bicyclic) bond motifs is 4. The summed E-state index contributed by atoms with van der Waals surface area (Å²) in [5, 5.41) is 0.965. The molecule has 0 N–H and O–H groups in total. The van der Waals surface area contributed by atoms with Crippen LogP contribution in [-0.2, 0) is 29.0 Å². The third kappa shape index (κ3) is 3.48. The zero-order valence-corrected chi connectivity index (χ0v) is 18.0. The second-order valence-electron chi connectivity index (χ2n) is 8.52. The molecule has 0 amide bonds. The first kappa shape index (κ1) is 19.1. The number of morpholine rings is 1. The second-order valence-corrected chi connectivity index (χ2v) is 9.52. The molecule has 0 saturated carbocycles. The van der Waals surface area contributed by atoms with Gasteiger partial charge in [0.25, 0.3) is 5.56 Å². The first-order valence-corrected chi connectivity index (χ1v) is 11.0. The minimum absolute atomic E-state index is 0.0401. The maximum atomic E-state index is 13.3. The van der Waals surface area contributed by atoms with Crippen LogP contribution in [0, 0.1) is 6.92 Å². The summed E-state index contributed by atoms with van der Waals surface area (Å²) in [5.74, 6) is 0.755. The molecule has 1 fully saturated rings. The van der Waals surface area contributed by atoms with Gasteiger partial charge in [0, 0.05) is 43.5 Å². The van der Waals surface area contributed by atoms with Crippen LogP contribution >= 0.6 is 11.3 Å². The Morgan fingerprint density at radius 1 is 1.21 bits per heavy atom. The third-order valence-electron chi connectivity index (χ3n) is 5.88. The van der Waals surface area contributed by atoms with Gasteiger partial charge in [0.05, 0.1) is 36.6 Å². The Balaban J connectivity index is 1.54. The van der Waals surface area contributed by atoms with Crippen molar-refractivity contribution in [2.24, 2.45) is 0 Å². The van der Waals surface area contributed by atoms with Crippen molar-refractivity contribution in [3.8, 4) is 0 Å². The van der Waals surface area contributed by atoms with Crippen LogP contribution < -0.4 is 5.56 Å². The molecular formula is C21H26N4O3S. The fourth-order valence-electron chi connectivity index (χ4n) is 4.17. The molecule has 0 bridgehead atoms. The first-order chi connectivity index (χ1) is 13.9. The molecule has 3 aromatic rings. The summed E-state index contributed by atoms with van der Waals surface area (Å²) in [5.41, 5.74) is 2.79. The van der Waals surface area contributed by atoms with Gasteiger partial charge in [-0.3, -0.25) is 14.3 Å². The van der Waals surface area contributed by atoms with Crippen LogP contribution in [0.1, 0.15) is 30.9 Å². The van der Waals surface area contributed by atoms with Crippen LogP contribution in [-0.4, -0.2) is 57.9 Å². The molecule has 0 aliphatic carbocycles. The summed E-state index contributed by atoms with van der Waals surface area (Å²) in [7, 11) is 0. The summed E-state index contributed by atoms with van der Waals surface area (Å²) in [6.07, 6.45) is 0.781. The summed E-state index contributed by atoms with van der Waals surface area (Å²) in [6, 6.07) is 2.12. The fourth-order valence-corrected chi connectivity index (χ4v) is 5.24. The molecule has 2 aliphatic heterocycles. The normalized spacial score (nSPS) is 19.7. The van der Waals surface area contributed by atoms with Crippen molar-refractivity contribution in [3.05, 3.63) is 33.5 Å². The molecule has 0 aromatic carbocycles. The van der Waals surface area contributed by atoms with Gasteiger partial charge in [0.1, 0.15) is 15.4 Å². The molecular weight excluding hydrogens is 388 g/mol.